The molecule has 1 rings (SSSR count). The number of ether oxygens (including phenoxy) is 2. The molecule has 13 heavy (non-hydrogen) atoms. The molecule has 0 heterocycles. The second-order valence-electron chi connectivity index (χ2n) is 2.63. The minimum absolute atomic E-state index is 0.304. The topological polar surface area (TPSA) is 18.5 Å². The fourth-order valence-corrected chi connectivity index (χ4v) is 0.947. The van der Waals surface area contributed by atoms with Gasteiger partial charge in [-0.3, -0.25) is 0 Å². The summed E-state index contributed by atoms with van der Waals surface area (Å²) in [6.07, 6.45) is 0.769. The molecule has 0 amide bonds. The molecule has 3 heteroatoms. The van der Waals surface area contributed by atoms with Crippen LogP contribution in [0.4, 0.5) is 4.39 Å². The first-order valence-electron chi connectivity index (χ1n) is 4.21. The van der Waals surface area contributed by atoms with E-state index < -0.39 is 0 Å². The standard InChI is InChI=1S/C10H13FO2/c1-12-7-4-8-13-10-6-3-2-5-9(10)11/h2-3,5-6H,4,7-8H2,1H3. The van der Waals surface area contributed by atoms with Crippen molar-refractivity contribution in [3.8, 4) is 5.75 Å². The predicted octanol–water partition coefficient (Wildman–Crippen LogP) is 2.24. The highest BCUT2D eigenvalue weighted by Crippen LogP contribution is 2.15. The van der Waals surface area contributed by atoms with E-state index in [9.17, 15) is 4.39 Å². The Balaban J connectivity index is 2.32. The third-order valence-corrected chi connectivity index (χ3v) is 1.59. The van der Waals surface area contributed by atoms with E-state index in [1.54, 1.807) is 25.3 Å². The van der Waals surface area contributed by atoms with E-state index >= 15 is 0 Å². The van der Waals surface area contributed by atoms with Gasteiger partial charge in [0.15, 0.2) is 11.6 Å². The second kappa shape index (κ2) is 5.54. The number of methoxy groups -OCH3 is 1. The molecular weight excluding hydrogens is 171 g/mol. The maximum absolute atomic E-state index is 12.9. The molecule has 0 aliphatic rings. The van der Waals surface area contributed by atoms with E-state index in [1.165, 1.54) is 6.07 Å². The van der Waals surface area contributed by atoms with Crippen LogP contribution in [-0.4, -0.2) is 20.3 Å². The van der Waals surface area contributed by atoms with Crippen LogP contribution in [0.25, 0.3) is 0 Å². The summed E-state index contributed by atoms with van der Waals surface area (Å²) in [4.78, 5) is 0. The molecule has 0 N–H and O–H groups in total. The van der Waals surface area contributed by atoms with Gasteiger partial charge in [0.2, 0.25) is 0 Å². The molecule has 0 aliphatic carbocycles. The molecule has 0 bridgehead atoms. The van der Waals surface area contributed by atoms with E-state index in [-0.39, 0.29) is 5.82 Å². The summed E-state index contributed by atoms with van der Waals surface area (Å²) in [6, 6.07) is 6.37. The third kappa shape index (κ3) is 3.42. The van der Waals surface area contributed by atoms with Crippen molar-refractivity contribution in [2.75, 3.05) is 20.3 Å². The lowest BCUT2D eigenvalue weighted by molar-refractivity contribution is 0.170. The summed E-state index contributed by atoms with van der Waals surface area (Å²) in [6.45, 7) is 1.11. The monoisotopic (exact) mass is 184 g/mol. The first-order chi connectivity index (χ1) is 6.34. The van der Waals surface area contributed by atoms with Crippen LogP contribution >= 0.6 is 0 Å². The molecule has 0 saturated carbocycles. The molecule has 2 nitrogen and oxygen atoms in total. The highest BCUT2D eigenvalue weighted by atomic mass is 19.1. The number of para-hydroxylation sites is 1. The van der Waals surface area contributed by atoms with E-state index in [2.05, 4.69) is 0 Å². The van der Waals surface area contributed by atoms with Crippen molar-refractivity contribution >= 4 is 0 Å². The van der Waals surface area contributed by atoms with Gasteiger partial charge in [0.05, 0.1) is 6.61 Å². The molecule has 0 fully saturated rings. The molecule has 1 aromatic rings. The first-order valence-corrected chi connectivity index (χ1v) is 4.21. The number of rotatable bonds is 5. The van der Waals surface area contributed by atoms with Gasteiger partial charge in [-0.25, -0.2) is 4.39 Å². The maximum atomic E-state index is 12.9. The molecule has 0 radical (unpaired) electrons. The molecular formula is C10H13FO2. The fourth-order valence-electron chi connectivity index (χ4n) is 0.947. The van der Waals surface area contributed by atoms with E-state index in [0.29, 0.717) is 19.0 Å². The van der Waals surface area contributed by atoms with Gasteiger partial charge in [-0.05, 0) is 12.1 Å². The van der Waals surface area contributed by atoms with Crippen LogP contribution in [0.3, 0.4) is 0 Å². The van der Waals surface area contributed by atoms with Crippen LogP contribution < -0.4 is 4.74 Å². The molecule has 0 unspecified atom stereocenters. The zero-order chi connectivity index (χ0) is 9.52. The van der Waals surface area contributed by atoms with Gasteiger partial charge in [0, 0.05) is 20.1 Å². The summed E-state index contributed by atoms with van der Waals surface area (Å²) >= 11 is 0. The van der Waals surface area contributed by atoms with Crippen molar-refractivity contribution in [3.63, 3.8) is 0 Å². The second-order valence-corrected chi connectivity index (χ2v) is 2.63. The highest BCUT2D eigenvalue weighted by molar-refractivity contribution is 5.23. The summed E-state index contributed by atoms with van der Waals surface area (Å²) in [5.74, 6) is -0.0153. The molecule has 1 aromatic carbocycles. The first kappa shape index (κ1) is 9.99. The summed E-state index contributed by atoms with van der Waals surface area (Å²) in [5, 5.41) is 0. The molecule has 0 atom stereocenters. The number of halogens is 1. The molecule has 0 aliphatic heterocycles. The summed E-state index contributed by atoms with van der Waals surface area (Å²) in [7, 11) is 1.63. The number of hydrogen-bond acceptors (Lipinski definition) is 2. The average molecular weight is 184 g/mol. The minimum Gasteiger partial charge on any atom is -0.490 e. The van der Waals surface area contributed by atoms with Gasteiger partial charge in [0.1, 0.15) is 0 Å². The normalized spacial score (nSPS) is 10.0. The number of benzene rings is 1. The Labute approximate surface area is 77.3 Å². The van der Waals surface area contributed by atoms with Crippen molar-refractivity contribution in [2.45, 2.75) is 6.42 Å². The minimum atomic E-state index is -0.320. The van der Waals surface area contributed by atoms with Gasteiger partial charge in [-0.15, -0.1) is 0 Å². The van der Waals surface area contributed by atoms with Crippen molar-refractivity contribution in [1.82, 2.24) is 0 Å². The molecule has 0 spiro atoms. The molecule has 0 saturated heterocycles. The Kier molecular flexibility index (Phi) is 4.26. The zero-order valence-corrected chi connectivity index (χ0v) is 7.63. The van der Waals surface area contributed by atoms with Crippen molar-refractivity contribution < 1.29 is 13.9 Å². The van der Waals surface area contributed by atoms with Crippen LogP contribution in [0.2, 0.25) is 0 Å². The third-order valence-electron chi connectivity index (χ3n) is 1.59. The quantitative estimate of drug-likeness (QED) is 0.653. The molecule has 0 aromatic heterocycles. The zero-order valence-electron chi connectivity index (χ0n) is 7.63. The van der Waals surface area contributed by atoms with Gasteiger partial charge >= 0.3 is 0 Å². The largest absolute Gasteiger partial charge is 0.490 e. The Bertz CT molecular complexity index is 250. The lowest BCUT2D eigenvalue weighted by atomic mass is 10.3. The van der Waals surface area contributed by atoms with Crippen molar-refractivity contribution in [3.05, 3.63) is 30.1 Å². The van der Waals surface area contributed by atoms with Crippen LogP contribution in [0.1, 0.15) is 6.42 Å². The Hall–Kier alpha value is -1.09. The van der Waals surface area contributed by atoms with Crippen molar-refractivity contribution in [1.29, 1.82) is 0 Å². The Morgan fingerprint density at radius 2 is 2.00 bits per heavy atom. The summed E-state index contributed by atoms with van der Waals surface area (Å²) in [5.41, 5.74) is 0. The molecule has 72 valence electrons. The van der Waals surface area contributed by atoms with E-state index in [4.69, 9.17) is 9.47 Å². The Morgan fingerprint density at radius 3 is 2.69 bits per heavy atom. The van der Waals surface area contributed by atoms with Crippen LogP contribution in [0.5, 0.6) is 5.75 Å². The van der Waals surface area contributed by atoms with Gasteiger partial charge in [0.25, 0.3) is 0 Å². The van der Waals surface area contributed by atoms with Crippen LogP contribution in [0.15, 0.2) is 24.3 Å². The lowest BCUT2D eigenvalue weighted by Crippen LogP contribution is -2.02. The van der Waals surface area contributed by atoms with Crippen LogP contribution in [0, 0.1) is 5.82 Å². The lowest BCUT2D eigenvalue weighted by Gasteiger charge is -2.05. The summed E-state index contributed by atoms with van der Waals surface area (Å²) < 4.78 is 23.0. The average Bonchev–Trinajstić information content (AvgIpc) is 2.15. The number of hydrogen-bond donors (Lipinski definition) is 0. The van der Waals surface area contributed by atoms with Gasteiger partial charge in [-0.1, -0.05) is 12.1 Å². The van der Waals surface area contributed by atoms with Crippen LogP contribution in [-0.2, 0) is 4.74 Å². The Morgan fingerprint density at radius 1 is 1.23 bits per heavy atom. The highest BCUT2D eigenvalue weighted by Gasteiger charge is 1.99. The smallest absolute Gasteiger partial charge is 0.165 e. The fraction of sp³-hybridized carbons (Fsp3) is 0.400. The van der Waals surface area contributed by atoms with Gasteiger partial charge < -0.3 is 9.47 Å². The van der Waals surface area contributed by atoms with E-state index in [0.717, 1.165) is 6.42 Å². The predicted molar refractivity (Wildman–Crippen MR) is 48.4 cm³/mol. The maximum Gasteiger partial charge on any atom is 0.165 e. The van der Waals surface area contributed by atoms with Crippen molar-refractivity contribution in [2.24, 2.45) is 0 Å². The van der Waals surface area contributed by atoms with E-state index in [1.807, 2.05) is 0 Å². The SMILES string of the molecule is COCCCOc1ccccc1F. The van der Waals surface area contributed by atoms with Gasteiger partial charge in [-0.2, -0.15) is 0 Å².